The van der Waals surface area contributed by atoms with E-state index in [1.165, 1.54) is 0 Å². The molecule has 3 amide bonds. The molecule has 0 radical (unpaired) electrons. The number of carbonyl (C=O) groups is 2. The van der Waals surface area contributed by atoms with Crippen LogP contribution in [0.25, 0.3) is 0 Å². The van der Waals surface area contributed by atoms with E-state index in [0.29, 0.717) is 19.6 Å². The van der Waals surface area contributed by atoms with Crippen LogP contribution < -0.4 is 10.2 Å². The van der Waals surface area contributed by atoms with Gasteiger partial charge in [0, 0.05) is 25.0 Å². The third kappa shape index (κ3) is 3.66. The van der Waals surface area contributed by atoms with Crippen molar-refractivity contribution in [1.29, 1.82) is 0 Å². The summed E-state index contributed by atoms with van der Waals surface area (Å²) in [5.41, 5.74) is 1.65. The van der Waals surface area contributed by atoms with Crippen molar-refractivity contribution in [3.05, 3.63) is 60.4 Å². The molecule has 2 aromatic rings. The van der Waals surface area contributed by atoms with Gasteiger partial charge in [-0.3, -0.25) is 14.7 Å². The highest BCUT2D eigenvalue weighted by Crippen LogP contribution is 2.19. The van der Waals surface area contributed by atoms with Gasteiger partial charge in [0.1, 0.15) is 6.54 Å². The Kier molecular flexibility index (Phi) is 4.52. The summed E-state index contributed by atoms with van der Waals surface area (Å²) in [5.74, 6) is -0.182. The van der Waals surface area contributed by atoms with Gasteiger partial charge in [-0.1, -0.05) is 24.3 Å². The van der Waals surface area contributed by atoms with Gasteiger partial charge in [0.15, 0.2) is 0 Å². The second-order valence-electron chi connectivity index (χ2n) is 5.29. The maximum absolute atomic E-state index is 12.4. The summed E-state index contributed by atoms with van der Waals surface area (Å²) in [6, 6.07) is 14.9. The van der Waals surface area contributed by atoms with E-state index in [1.807, 2.05) is 48.5 Å². The smallest absolute Gasteiger partial charge is 0.325 e. The number of hydrogen-bond acceptors (Lipinski definition) is 3. The van der Waals surface area contributed by atoms with Crippen LogP contribution >= 0.6 is 0 Å². The fourth-order valence-electron chi connectivity index (χ4n) is 2.50. The average Bonchev–Trinajstić information content (AvgIpc) is 2.95. The van der Waals surface area contributed by atoms with Gasteiger partial charge < -0.3 is 10.2 Å². The van der Waals surface area contributed by atoms with Gasteiger partial charge in [-0.05, 0) is 24.3 Å². The third-order valence-corrected chi connectivity index (χ3v) is 3.69. The Morgan fingerprint density at radius 3 is 2.61 bits per heavy atom. The summed E-state index contributed by atoms with van der Waals surface area (Å²) in [6.45, 7) is 1.57. The van der Waals surface area contributed by atoms with Gasteiger partial charge in [0.2, 0.25) is 5.91 Å². The number of para-hydroxylation sites is 1. The minimum absolute atomic E-state index is 0.0645. The van der Waals surface area contributed by atoms with Crippen LogP contribution in [0, 0.1) is 0 Å². The molecule has 118 valence electrons. The topological polar surface area (TPSA) is 65.5 Å². The first kappa shape index (κ1) is 15.0. The van der Waals surface area contributed by atoms with Gasteiger partial charge in [-0.25, -0.2) is 4.79 Å². The number of anilines is 1. The summed E-state index contributed by atoms with van der Waals surface area (Å²) >= 11 is 0. The Morgan fingerprint density at radius 1 is 1.09 bits per heavy atom. The van der Waals surface area contributed by atoms with Gasteiger partial charge in [0.25, 0.3) is 0 Å². The molecule has 0 saturated carbocycles. The number of urea groups is 1. The van der Waals surface area contributed by atoms with Gasteiger partial charge in [0.05, 0.1) is 12.2 Å². The van der Waals surface area contributed by atoms with Crippen molar-refractivity contribution in [2.24, 2.45) is 0 Å². The molecule has 1 aromatic carbocycles. The van der Waals surface area contributed by atoms with Crippen LogP contribution in [0.15, 0.2) is 54.7 Å². The summed E-state index contributed by atoms with van der Waals surface area (Å²) in [6.07, 6.45) is 1.68. The number of hydrogen-bond donors (Lipinski definition) is 1. The lowest BCUT2D eigenvalue weighted by molar-refractivity contribution is -0.121. The molecule has 0 unspecified atom stereocenters. The number of aromatic nitrogens is 1. The molecule has 1 aromatic heterocycles. The standard InChI is InChI=1S/C17H18N4O2/c22-16(19-12-14-6-4-5-9-18-14)13-20-10-11-21(17(20)23)15-7-2-1-3-8-15/h1-9H,10-13H2,(H,19,22). The molecular weight excluding hydrogens is 292 g/mol. The average molecular weight is 310 g/mol. The first-order valence-corrected chi connectivity index (χ1v) is 7.52. The largest absolute Gasteiger partial charge is 0.349 e. The Balaban J connectivity index is 1.52. The number of benzene rings is 1. The van der Waals surface area contributed by atoms with Gasteiger partial charge >= 0.3 is 6.03 Å². The predicted molar refractivity (Wildman–Crippen MR) is 86.8 cm³/mol. The minimum atomic E-state index is -0.182. The van der Waals surface area contributed by atoms with E-state index in [1.54, 1.807) is 16.0 Å². The lowest BCUT2D eigenvalue weighted by atomic mass is 10.3. The molecule has 6 nitrogen and oxygen atoms in total. The fourth-order valence-corrected chi connectivity index (χ4v) is 2.50. The summed E-state index contributed by atoms with van der Waals surface area (Å²) in [4.78, 5) is 31.8. The van der Waals surface area contributed by atoms with E-state index in [2.05, 4.69) is 10.3 Å². The predicted octanol–water partition coefficient (Wildman–Crippen LogP) is 1.64. The molecule has 3 rings (SSSR count). The highest BCUT2D eigenvalue weighted by atomic mass is 16.2. The number of nitrogens with one attached hydrogen (secondary N) is 1. The number of pyridine rings is 1. The third-order valence-electron chi connectivity index (χ3n) is 3.69. The first-order valence-electron chi connectivity index (χ1n) is 7.52. The second-order valence-corrected chi connectivity index (χ2v) is 5.29. The minimum Gasteiger partial charge on any atom is -0.349 e. The van der Waals surface area contributed by atoms with Crippen LogP contribution in [0.2, 0.25) is 0 Å². The van der Waals surface area contributed by atoms with Crippen LogP contribution in [-0.2, 0) is 11.3 Å². The Bertz CT molecular complexity index is 676. The monoisotopic (exact) mass is 310 g/mol. The molecule has 2 heterocycles. The molecule has 23 heavy (non-hydrogen) atoms. The zero-order chi connectivity index (χ0) is 16.1. The summed E-state index contributed by atoms with van der Waals surface area (Å²) in [7, 11) is 0. The molecule has 0 bridgehead atoms. The fraction of sp³-hybridized carbons (Fsp3) is 0.235. The lowest BCUT2D eigenvalue weighted by Crippen LogP contribution is -2.39. The molecule has 1 aliphatic rings. The van der Waals surface area contributed by atoms with Crippen LogP contribution in [0.5, 0.6) is 0 Å². The molecule has 6 heteroatoms. The molecule has 0 atom stereocenters. The van der Waals surface area contributed by atoms with Crippen molar-refractivity contribution in [3.8, 4) is 0 Å². The van der Waals surface area contributed by atoms with Crippen molar-refractivity contribution in [2.45, 2.75) is 6.54 Å². The maximum atomic E-state index is 12.4. The van der Waals surface area contributed by atoms with Crippen molar-refractivity contribution >= 4 is 17.6 Å². The highest BCUT2D eigenvalue weighted by molar-refractivity contribution is 5.96. The lowest BCUT2D eigenvalue weighted by Gasteiger charge is -2.18. The quantitative estimate of drug-likeness (QED) is 0.913. The molecule has 1 saturated heterocycles. The van der Waals surface area contributed by atoms with Crippen molar-refractivity contribution in [2.75, 3.05) is 24.5 Å². The van der Waals surface area contributed by atoms with E-state index in [0.717, 1.165) is 11.4 Å². The highest BCUT2D eigenvalue weighted by Gasteiger charge is 2.30. The second kappa shape index (κ2) is 6.91. The molecule has 1 N–H and O–H groups in total. The van der Waals surface area contributed by atoms with Gasteiger partial charge in [-0.2, -0.15) is 0 Å². The molecule has 1 aliphatic heterocycles. The molecule has 1 fully saturated rings. The number of rotatable bonds is 5. The Hall–Kier alpha value is -2.89. The number of carbonyl (C=O) groups excluding carboxylic acids is 2. The van der Waals surface area contributed by atoms with Gasteiger partial charge in [-0.15, -0.1) is 0 Å². The molecular formula is C17H18N4O2. The molecule has 0 aliphatic carbocycles. The van der Waals surface area contributed by atoms with Crippen molar-refractivity contribution < 1.29 is 9.59 Å². The first-order chi connectivity index (χ1) is 11.2. The van der Waals surface area contributed by atoms with Crippen molar-refractivity contribution in [3.63, 3.8) is 0 Å². The Labute approximate surface area is 134 Å². The van der Waals surface area contributed by atoms with Crippen LogP contribution in [-0.4, -0.2) is 41.5 Å². The maximum Gasteiger partial charge on any atom is 0.325 e. The van der Waals surface area contributed by atoms with Crippen LogP contribution in [0.1, 0.15) is 5.69 Å². The van der Waals surface area contributed by atoms with Crippen LogP contribution in [0.3, 0.4) is 0 Å². The molecule has 0 spiro atoms. The summed E-state index contributed by atoms with van der Waals surface area (Å²) in [5, 5.41) is 2.79. The van der Waals surface area contributed by atoms with Crippen molar-refractivity contribution in [1.82, 2.24) is 15.2 Å². The zero-order valence-electron chi connectivity index (χ0n) is 12.7. The zero-order valence-corrected chi connectivity index (χ0v) is 12.7. The number of amides is 3. The van der Waals surface area contributed by atoms with E-state index >= 15 is 0 Å². The normalized spacial score (nSPS) is 14.2. The van der Waals surface area contributed by atoms with E-state index in [-0.39, 0.29) is 18.5 Å². The number of nitrogens with zero attached hydrogens (tertiary/aromatic N) is 3. The van der Waals surface area contributed by atoms with E-state index in [4.69, 9.17) is 0 Å². The van der Waals surface area contributed by atoms with Crippen LogP contribution in [0.4, 0.5) is 10.5 Å². The van der Waals surface area contributed by atoms with E-state index in [9.17, 15) is 9.59 Å². The summed E-state index contributed by atoms with van der Waals surface area (Å²) < 4.78 is 0. The SMILES string of the molecule is O=C(CN1CCN(c2ccccc2)C1=O)NCc1ccccn1. The Morgan fingerprint density at radius 2 is 1.87 bits per heavy atom. The van der Waals surface area contributed by atoms with E-state index < -0.39 is 0 Å².